The molecule has 1 amide bonds. The Balaban J connectivity index is 0.00000338. The molecule has 0 saturated carbocycles. The van der Waals surface area contributed by atoms with Crippen molar-refractivity contribution in [3.63, 3.8) is 0 Å². The second-order valence-electron chi connectivity index (χ2n) is 5.58. The number of hydrogen-bond donors (Lipinski definition) is 3. The van der Waals surface area contributed by atoms with E-state index >= 15 is 0 Å². The molecule has 3 N–H and O–H groups in total. The Hall–Kier alpha value is -1.83. The summed E-state index contributed by atoms with van der Waals surface area (Å²) in [6, 6.07) is 7.18. The molecule has 8 heteroatoms. The SMILES string of the molecule is C#Cc1cccc(NC(=O)CNC(=NC)NCCN2CCOCC2)c1.I. The number of guanidine groups is 1. The third-order valence-corrected chi connectivity index (χ3v) is 3.78. The van der Waals surface area contributed by atoms with Crippen molar-refractivity contribution in [2.24, 2.45) is 4.99 Å². The molecule has 0 aliphatic carbocycles. The van der Waals surface area contributed by atoms with Crippen LogP contribution < -0.4 is 16.0 Å². The van der Waals surface area contributed by atoms with Gasteiger partial charge in [-0.2, -0.15) is 0 Å². The summed E-state index contributed by atoms with van der Waals surface area (Å²) >= 11 is 0. The van der Waals surface area contributed by atoms with Gasteiger partial charge in [-0.3, -0.25) is 14.7 Å². The van der Waals surface area contributed by atoms with Crippen LogP contribution in [0.5, 0.6) is 0 Å². The van der Waals surface area contributed by atoms with E-state index in [0.29, 0.717) is 11.6 Å². The molecule has 1 heterocycles. The van der Waals surface area contributed by atoms with E-state index in [-0.39, 0.29) is 36.4 Å². The van der Waals surface area contributed by atoms with Crippen LogP contribution in [0.4, 0.5) is 5.69 Å². The topological polar surface area (TPSA) is 78.0 Å². The molecule has 142 valence electrons. The highest BCUT2D eigenvalue weighted by atomic mass is 127. The van der Waals surface area contributed by atoms with Gasteiger partial charge in [0.2, 0.25) is 5.91 Å². The standard InChI is InChI=1S/C18H25N5O2.HI/c1-3-15-5-4-6-16(13-15)22-17(24)14-21-18(19-2)20-7-8-23-9-11-25-12-10-23;/h1,4-6,13H,7-12,14H2,2H3,(H,22,24)(H2,19,20,21);1H. The molecule has 2 rings (SSSR count). The summed E-state index contributed by atoms with van der Waals surface area (Å²) in [5, 5.41) is 9.01. The quantitative estimate of drug-likeness (QED) is 0.247. The van der Waals surface area contributed by atoms with Gasteiger partial charge in [-0.15, -0.1) is 30.4 Å². The van der Waals surface area contributed by atoms with Gasteiger partial charge in [0.05, 0.1) is 19.8 Å². The van der Waals surface area contributed by atoms with Crippen molar-refractivity contribution in [1.29, 1.82) is 0 Å². The number of anilines is 1. The van der Waals surface area contributed by atoms with Crippen molar-refractivity contribution < 1.29 is 9.53 Å². The number of morpholine rings is 1. The zero-order valence-corrected chi connectivity index (χ0v) is 17.3. The number of benzene rings is 1. The number of amides is 1. The Morgan fingerprint density at radius 1 is 1.35 bits per heavy atom. The highest BCUT2D eigenvalue weighted by molar-refractivity contribution is 14.0. The van der Waals surface area contributed by atoms with Crippen molar-refractivity contribution in [3.8, 4) is 12.3 Å². The van der Waals surface area contributed by atoms with E-state index in [2.05, 4.69) is 31.8 Å². The van der Waals surface area contributed by atoms with Crippen molar-refractivity contribution in [2.75, 3.05) is 58.3 Å². The molecular formula is C18H26IN5O2. The first-order valence-electron chi connectivity index (χ1n) is 8.32. The molecular weight excluding hydrogens is 445 g/mol. The van der Waals surface area contributed by atoms with Crippen molar-refractivity contribution >= 4 is 41.5 Å². The number of terminal acetylenes is 1. The molecule has 0 unspecified atom stereocenters. The van der Waals surface area contributed by atoms with Crippen LogP contribution in [-0.2, 0) is 9.53 Å². The fraction of sp³-hybridized carbons (Fsp3) is 0.444. The molecule has 0 radical (unpaired) electrons. The predicted octanol–water partition coefficient (Wildman–Crippen LogP) is 0.722. The van der Waals surface area contributed by atoms with Gasteiger partial charge in [-0.1, -0.05) is 12.0 Å². The lowest BCUT2D eigenvalue weighted by Crippen LogP contribution is -2.45. The molecule has 7 nitrogen and oxygen atoms in total. The first kappa shape index (κ1) is 22.2. The number of ether oxygens (including phenoxy) is 1. The Kier molecular flexibility index (Phi) is 10.7. The number of rotatable bonds is 6. The van der Waals surface area contributed by atoms with Gasteiger partial charge in [0.25, 0.3) is 0 Å². The third kappa shape index (κ3) is 8.03. The summed E-state index contributed by atoms with van der Waals surface area (Å²) in [7, 11) is 1.68. The minimum atomic E-state index is -0.162. The summed E-state index contributed by atoms with van der Waals surface area (Å²) in [6.45, 7) is 5.26. The fourth-order valence-corrected chi connectivity index (χ4v) is 2.43. The molecule has 0 aromatic heterocycles. The summed E-state index contributed by atoms with van der Waals surface area (Å²) in [5.74, 6) is 2.98. The zero-order valence-electron chi connectivity index (χ0n) is 15.0. The van der Waals surface area contributed by atoms with Gasteiger partial charge in [-0.05, 0) is 18.2 Å². The molecule has 1 aromatic carbocycles. The molecule has 26 heavy (non-hydrogen) atoms. The van der Waals surface area contributed by atoms with Crippen molar-refractivity contribution in [1.82, 2.24) is 15.5 Å². The van der Waals surface area contributed by atoms with E-state index in [9.17, 15) is 4.79 Å². The number of aliphatic imine (C=N–C) groups is 1. The average molecular weight is 471 g/mol. The smallest absolute Gasteiger partial charge is 0.243 e. The minimum Gasteiger partial charge on any atom is -0.379 e. The molecule has 0 bridgehead atoms. The Morgan fingerprint density at radius 3 is 2.81 bits per heavy atom. The lowest BCUT2D eigenvalue weighted by atomic mass is 10.2. The summed E-state index contributed by atoms with van der Waals surface area (Å²) in [6.07, 6.45) is 5.36. The van der Waals surface area contributed by atoms with Gasteiger partial charge in [-0.25, -0.2) is 0 Å². The number of hydrogen-bond acceptors (Lipinski definition) is 4. The van der Waals surface area contributed by atoms with E-state index in [1.807, 2.05) is 12.1 Å². The second kappa shape index (κ2) is 12.5. The number of carbonyl (C=O) groups excluding carboxylic acids is 1. The minimum absolute atomic E-state index is 0. The van der Waals surface area contributed by atoms with E-state index in [4.69, 9.17) is 11.2 Å². The van der Waals surface area contributed by atoms with Crippen LogP contribution >= 0.6 is 24.0 Å². The van der Waals surface area contributed by atoms with Gasteiger partial charge < -0.3 is 20.7 Å². The Morgan fingerprint density at radius 2 is 2.12 bits per heavy atom. The molecule has 0 spiro atoms. The highest BCUT2D eigenvalue weighted by Gasteiger charge is 2.10. The third-order valence-electron chi connectivity index (χ3n) is 3.78. The van der Waals surface area contributed by atoms with Crippen LogP contribution in [0.25, 0.3) is 0 Å². The van der Waals surface area contributed by atoms with Crippen molar-refractivity contribution in [3.05, 3.63) is 29.8 Å². The van der Waals surface area contributed by atoms with Crippen LogP contribution in [0, 0.1) is 12.3 Å². The first-order chi connectivity index (χ1) is 12.2. The van der Waals surface area contributed by atoms with Gasteiger partial charge in [0.1, 0.15) is 0 Å². The average Bonchev–Trinajstić information content (AvgIpc) is 2.65. The molecule has 1 fully saturated rings. The summed E-state index contributed by atoms with van der Waals surface area (Å²) in [5.41, 5.74) is 1.41. The monoisotopic (exact) mass is 471 g/mol. The number of carbonyl (C=O) groups is 1. The maximum Gasteiger partial charge on any atom is 0.243 e. The Labute approximate surface area is 172 Å². The molecule has 1 aromatic rings. The van der Waals surface area contributed by atoms with Crippen LogP contribution in [0.3, 0.4) is 0 Å². The number of nitrogens with zero attached hydrogens (tertiary/aromatic N) is 2. The highest BCUT2D eigenvalue weighted by Crippen LogP contribution is 2.09. The number of halogens is 1. The lowest BCUT2D eigenvalue weighted by molar-refractivity contribution is -0.115. The predicted molar refractivity (Wildman–Crippen MR) is 115 cm³/mol. The maximum absolute atomic E-state index is 12.0. The fourth-order valence-electron chi connectivity index (χ4n) is 2.43. The molecule has 1 aliphatic heterocycles. The first-order valence-corrected chi connectivity index (χ1v) is 8.32. The van der Waals surface area contributed by atoms with E-state index in [0.717, 1.165) is 45.0 Å². The van der Waals surface area contributed by atoms with Gasteiger partial charge in [0, 0.05) is 44.5 Å². The largest absolute Gasteiger partial charge is 0.379 e. The maximum atomic E-state index is 12.0. The summed E-state index contributed by atoms with van der Waals surface area (Å²) in [4.78, 5) is 18.5. The van der Waals surface area contributed by atoms with Crippen LogP contribution in [0.15, 0.2) is 29.3 Å². The zero-order chi connectivity index (χ0) is 17.9. The van der Waals surface area contributed by atoms with E-state index < -0.39 is 0 Å². The van der Waals surface area contributed by atoms with Gasteiger partial charge >= 0.3 is 0 Å². The molecule has 1 saturated heterocycles. The normalized spacial score (nSPS) is 14.7. The van der Waals surface area contributed by atoms with Crippen LogP contribution in [-0.4, -0.2) is 69.8 Å². The van der Waals surface area contributed by atoms with E-state index in [1.54, 1.807) is 19.2 Å². The molecule has 1 aliphatic rings. The van der Waals surface area contributed by atoms with Crippen molar-refractivity contribution in [2.45, 2.75) is 0 Å². The number of nitrogens with one attached hydrogen (secondary N) is 3. The Bertz CT molecular complexity index is 639. The summed E-state index contributed by atoms with van der Waals surface area (Å²) < 4.78 is 5.32. The lowest BCUT2D eigenvalue weighted by Gasteiger charge is -2.26. The molecule has 0 atom stereocenters. The van der Waals surface area contributed by atoms with Crippen LogP contribution in [0.2, 0.25) is 0 Å². The van der Waals surface area contributed by atoms with E-state index in [1.165, 1.54) is 0 Å². The van der Waals surface area contributed by atoms with Crippen LogP contribution in [0.1, 0.15) is 5.56 Å². The van der Waals surface area contributed by atoms with Gasteiger partial charge in [0.15, 0.2) is 5.96 Å². The second-order valence-corrected chi connectivity index (χ2v) is 5.58.